The third kappa shape index (κ3) is 1.70. The Hall–Kier alpha value is -1.81. The molecule has 3 nitrogen and oxygen atoms in total. The Labute approximate surface area is 104 Å². The number of aryl methyl sites for hydroxylation is 1. The van der Waals surface area contributed by atoms with E-state index < -0.39 is 0 Å². The number of hydrogen-bond donors (Lipinski definition) is 1. The second-order valence-corrected chi connectivity index (χ2v) is 5.09. The highest BCUT2D eigenvalue weighted by Gasteiger charge is 2.10. The van der Waals surface area contributed by atoms with Gasteiger partial charge in [0.1, 0.15) is 11.3 Å². The zero-order valence-electron chi connectivity index (χ0n) is 9.55. The number of nitrogens with two attached hydrogens (primary N) is 1. The lowest BCUT2D eigenvalue weighted by molar-refractivity contribution is 0.850. The van der Waals surface area contributed by atoms with Gasteiger partial charge < -0.3 is 10.3 Å². The second kappa shape index (κ2) is 3.89. The van der Waals surface area contributed by atoms with E-state index in [9.17, 15) is 0 Å². The molecule has 4 heteroatoms. The van der Waals surface area contributed by atoms with Gasteiger partial charge in [0.25, 0.3) is 0 Å². The maximum Gasteiger partial charge on any atom is 0.114 e. The molecule has 0 aliphatic rings. The number of benzene rings is 1. The first kappa shape index (κ1) is 10.4. The zero-order chi connectivity index (χ0) is 11.8. The molecule has 2 aromatic heterocycles. The molecule has 0 aliphatic carbocycles. The first-order valence-electron chi connectivity index (χ1n) is 5.48. The summed E-state index contributed by atoms with van der Waals surface area (Å²) < 4.78 is 2.12. The molecule has 2 heterocycles. The normalized spacial score (nSPS) is 11.1. The van der Waals surface area contributed by atoms with Gasteiger partial charge in [-0.05, 0) is 23.6 Å². The number of fused-ring (bicyclic) bond motifs is 1. The number of rotatable bonds is 2. The van der Waals surface area contributed by atoms with E-state index in [4.69, 9.17) is 5.73 Å². The fourth-order valence-electron chi connectivity index (χ4n) is 2.01. The lowest BCUT2D eigenvalue weighted by Crippen LogP contribution is -1.97. The summed E-state index contributed by atoms with van der Waals surface area (Å²) in [6, 6.07) is 10.1. The van der Waals surface area contributed by atoms with E-state index in [1.165, 1.54) is 4.88 Å². The van der Waals surface area contributed by atoms with Crippen molar-refractivity contribution in [1.82, 2.24) is 9.55 Å². The van der Waals surface area contributed by atoms with Crippen LogP contribution in [0, 0.1) is 0 Å². The standard InChI is InChI=1S/C13H13N3S/c1-16-11-6-2-5-10(14)13(11)15-12(16)8-9-4-3-7-17-9/h2-7H,8,14H2,1H3. The van der Waals surface area contributed by atoms with Gasteiger partial charge in [-0.3, -0.25) is 0 Å². The van der Waals surface area contributed by atoms with Crippen LogP contribution in [0.25, 0.3) is 11.0 Å². The van der Waals surface area contributed by atoms with Gasteiger partial charge in [0.05, 0.1) is 11.2 Å². The number of thiophene rings is 1. The predicted molar refractivity (Wildman–Crippen MR) is 72.3 cm³/mol. The highest BCUT2D eigenvalue weighted by Crippen LogP contribution is 2.23. The minimum atomic E-state index is 0.746. The Morgan fingerprint density at radius 3 is 2.88 bits per heavy atom. The summed E-state index contributed by atoms with van der Waals surface area (Å²) in [6.45, 7) is 0. The molecule has 0 saturated carbocycles. The molecule has 0 atom stereocenters. The Kier molecular flexibility index (Phi) is 2.37. The average Bonchev–Trinajstić information content (AvgIpc) is 2.92. The molecule has 0 radical (unpaired) electrons. The monoisotopic (exact) mass is 243 g/mol. The maximum atomic E-state index is 5.94. The molecule has 0 aliphatic heterocycles. The molecule has 3 rings (SSSR count). The van der Waals surface area contributed by atoms with Crippen LogP contribution in [0.3, 0.4) is 0 Å². The molecule has 17 heavy (non-hydrogen) atoms. The molecular formula is C13H13N3S. The van der Waals surface area contributed by atoms with Crippen LogP contribution in [0.2, 0.25) is 0 Å². The topological polar surface area (TPSA) is 43.8 Å². The minimum Gasteiger partial charge on any atom is -0.397 e. The third-order valence-electron chi connectivity index (χ3n) is 2.95. The Balaban J connectivity index is 2.11. The third-order valence-corrected chi connectivity index (χ3v) is 3.82. The summed E-state index contributed by atoms with van der Waals surface area (Å²) in [7, 11) is 2.04. The fraction of sp³-hybridized carbons (Fsp3) is 0.154. The van der Waals surface area contributed by atoms with Crippen molar-refractivity contribution in [2.45, 2.75) is 6.42 Å². The highest BCUT2D eigenvalue weighted by molar-refractivity contribution is 7.09. The lowest BCUT2D eigenvalue weighted by atomic mass is 10.3. The number of anilines is 1. The summed E-state index contributed by atoms with van der Waals surface area (Å²) in [5, 5.41) is 2.09. The van der Waals surface area contributed by atoms with Gasteiger partial charge in [0.2, 0.25) is 0 Å². The zero-order valence-corrected chi connectivity index (χ0v) is 10.4. The van der Waals surface area contributed by atoms with Crippen LogP contribution in [0.15, 0.2) is 35.7 Å². The average molecular weight is 243 g/mol. The van der Waals surface area contributed by atoms with E-state index in [1.807, 2.05) is 19.2 Å². The van der Waals surface area contributed by atoms with Gasteiger partial charge in [0.15, 0.2) is 0 Å². The smallest absolute Gasteiger partial charge is 0.114 e. The van der Waals surface area contributed by atoms with E-state index in [1.54, 1.807) is 11.3 Å². The molecule has 0 spiro atoms. The van der Waals surface area contributed by atoms with E-state index in [2.05, 4.69) is 33.1 Å². The van der Waals surface area contributed by atoms with Gasteiger partial charge in [-0.15, -0.1) is 11.3 Å². The van der Waals surface area contributed by atoms with Crippen molar-refractivity contribution in [1.29, 1.82) is 0 Å². The number of imidazole rings is 1. The maximum absolute atomic E-state index is 5.94. The number of hydrogen-bond acceptors (Lipinski definition) is 3. The van der Waals surface area contributed by atoms with Gasteiger partial charge >= 0.3 is 0 Å². The summed E-state index contributed by atoms with van der Waals surface area (Å²) in [5.74, 6) is 1.06. The van der Waals surface area contributed by atoms with Crippen LogP contribution in [0.4, 0.5) is 5.69 Å². The van der Waals surface area contributed by atoms with Crippen LogP contribution in [-0.4, -0.2) is 9.55 Å². The summed E-state index contributed by atoms with van der Waals surface area (Å²) >= 11 is 1.76. The molecule has 3 aromatic rings. The van der Waals surface area contributed by atoms with E-state index in [0.717, 1.165) is 29.0 Å². The molecule has 2 N–H and O–H groups in total. The fourth-order valence-corrected chi connectivity index (χ4v) is 2.71. The van der Waals surface area contributed by atoms with Crippen LogP contribution < -0.4 is 5.73 Å². The number of para-hydroxylation sites is 1. The molecule has 0 bridgehead atoms. The lowest BCUT2D eigenvalue weighted by Gasteiger charge is -2.00. The van der Waals surface area contributed by atoms with E-state index >= 15 is 0 Å². The molecule has 0 saturated heterocycles. The molecule has 0 fully saturated rings. The van der Waals surface area contributed by atoms with Gasteiger partial charge in [0, 0.05) is 18.3 Å². The summed E-state index contributed by atoms with van der Waals surface area (Å²) in [4.78, 5) is 5.95. The van der Waals surface area contributed by atoms with Crippen LogP contribution >= 0.6 is 11.3 Å². The van der Waals surface area contributed by atoms with Crippen molar-refractivity contribution in [2.24, 2.45) is 7.05 Å². The van der Waals surface area contributed by atoms with E-state index in [-0.39, 0.29) is 0 Å². The summed E-state index contributed by atoms with van der Waals surface area (Å²) in [5.41, 5.74) is 8.68. The van der Waals surface area contributed by atoms with Gasteiger partial charge in [-0.2, -0.15) is 0 Å². The van der Waals surface area contributed by atoms with Gasteiger partial charge in [-0.25, -0.2) is 4.98 Å². The molecule has 1 aromatic carbocycles. The molecule has 86 valence electrons. The Bertz CT molecular complexity index is 653. The Morgan fingerprint density at radius 2 is 2.18 bits per heavy atom. The largest absolute Gasteiger partial charge is 0.397 e. The number of aromatic nitrogens is 2. The van der Waals surface area contributed by atoms with Crippen LogP contribution in [0.5, 0.6) is 0 Å². The van der Waals surface area contributed by atoms with Crippen molar-refractivity contribution in [2.75, 3.05) is 5.73 Å². The first-order chi connectivity index (χ1) is 8.25. The van der Waals surface area contributed by atoms with Crippen molar-refractivity contribution in [3.63, 3.8) is 0 Å². The van der Waals surface area contributed by atoms with Crippen molar-refractivity contribution in [3.8, 4) is 0 Å². The van der Waals surface area contributed by atoms with Gasteiger partial charge in [-0.1, -0.05) is 12.1 Å². The minimum absolute atomic E-state index is 0.746. The molecular weight excluding hydrogens is 230 g/mol. The predicted octanol–water partition coefficient (Wildman–Crippen LogP) is 2.81. The van der Waals surface area contributed by atoms with Crippen LogP contribution in [-0.2, 0) is 13.5 Å². The number of nitrogens with zero attached hydrogens (tertiary/aromatic N) is 2. The van der Waals surface area contributed by atoms with E-state index in [0.29, 0.717) is 0 Å². The molecule has 0 amide bonds. The molecule has 0 unspecified atom stereocenters. The van der Waals surface area contributed by atoms with Crippen molar-refractivity contribution < 1.29 is 0 Å². The van der Waals surface area contributed by atoms with Crippen LogP contribution in [0.1, 0.15) is 10.7 Å². The quantitative estimate of drug-likeness (QED) is 0.703. The highest BCUT2D eigenvalue weighted by atomic mass is 32.1. The number of nitrogen functional groups attached to an aromatic ring is 1. The Morgan fingerprint density at radius 1 is 1.29 bits per heavy atom. The first-order valence-corrected chi connectivity index (χ1v) is 6.36. The SMILES string of the molecule is Cn1c(Cc2cccs2)nc2c(N)cccc21. The second-order valence-electron chi connectivity index (χ2n) is 4.06. The van der Waals surface area contributed by atoms with Crippen molar-refractivity contribution in [3.05, 3.63) is 46.4 Å². The van der Waals surface area contributed by atoms with Crippen molar-refractivity contribution >= 4 is 28.1 Å². The summed E-state index contributed by atoms with van der Waals surface area (Å²) in [6.07, 6.45) is 0.863.